The Labute approximate surface area is 315 Å². The minimum Gasteiger partial charge on any atom is -0.386 e. The topological polar surface area (TPSA) is 113 Å². The van der Waals surface area contributed by atoms with Crippen LogP contribution in [0.5, 0.6) is 0 Å². The van der Waals surface area contributed by atoms with Crippen LogP contribution in [0.1, 0.15) is 187 Å². The van der Waals surface area contributed by atoms with Gasteiger partial charge in [-0.3, -0.25) is 9.59 Å². The molecule has 0 aromatic heterocycles. The van der Waals surface area contributed by atoms with Crippen molar-refractivity contribution in [2.24, 2.45) is 0 Å². The van der Waals surface area contributed by atoms with Crippen molar-refractivity contribution in [1.82, 2.24) is 9.80 Å². The molecule has 8 heteroatoms. The molecule has 8 nitrogen and oxygen atoms in total. The monoisotopic (exact) mass is 721 g/mol. The minimum absolute atomic E-state index is 0.339. The van der Waals surface area contributed by atoms with Gasteiger partial charge in [0.2, 0.25) is 0 Å². The maximum atomic E-state index is 12.0. The zero-order valence-corrected chi connectivity index (χ0v) is 34.2. The number of hydrogen-bond donors (Lipinski definition) is 4. The highest BCUT2D eigenvalue weighted by Crippen LogP contribution is 2.15. The second kappa shape index (κ2) is 34.3. The summed E-state index contributed by atoms with van der Waals surface area (Å²) in [5.41, 5.74) is 4.00. The molecule has 1 aromatic rings. The quantitative estimate of drug-likeness (QED) is 0.0397. The Hall–Kier alpha value is -1.48. The number of anilines is 2. The first-order valence-electron chi connectivity index (χ1n) is 22.1. The second-order valence-corrected chi connectivity index (χ2v) is 15.5. The van der Waals surface area contributed by atoms with E-state index in [1.807, 2.05) is 0 Å². The Bertz CT molecular complexity index is 966. The van der Waals surface area contributed by atoms with E-state index in [9.17, 15) is 14.7 Å². The molecule has 1 aromatic carbocycles. The summed E-state index contributed by atoms with van der Waals surface area (Å²) in [6, 6.07) is 0. The Balaban J connectivity index is 2.38. The summed E-state index contributed by atoms with van der Waals surface area (Å²) < 4.78 is 0. The molecule has 0 radical (unpaired) electrons. The van der Waals surface area contributed by atoms with Crippen molar-refractivity contribution in [2.45, 2.75) is 193 Å². The third kappa shape index (κ3) is 25.2. The second-order valence-electron chi connectivity index (χ2n) is 15.5. The lowest BCUT2D eigenvalue weighted by Crippen LogP contribution is -2.58. The third-order valence-corrected chi connectivity index (χ3v) is 10.8. The summed E-state index contributed by atoms with van der Waals surface area (Å²) in [4.78, 5) is 28.8. The average molecular weight is 721 g/mol. The zero-order valence-electron chi connectivity index (χ0n) is 34.2. The van der Waals surface area contributed by atoms with E-state index in [0.717, 1.165) is 58.5 Å². The van der Waals surface area contributed by atoms with Gasteiger partial charge >= 0.3 is 0 Å². The molecule has 6 N–H and O–H groups in total. The van der Waals surface area contributed by atoms with Gasteiger partial charge in [-0.05, 0) is 64.8 Å². The first kappa shape index (κ1) is 47.5. The number of aliphatic hydroxyl groups excluding tert-OH is 1. The van der Waals surface area contributed by atoms with Gasteiger partial charge in [0, 0.05) is 20.1 Å². The Morgan fingerprint density at radius 1 is 0.510 bits per heavy atom. The van der Waals surface area contributed by atoms with E-state index in [0.29, 0.717) is 24.5 Å². The molecule has 1 atom stereocenters. The van der Waals surface area contributed by atoms with Gasteiger partial charge in [0.05, 0.1) is 0 Å². The number of nitrogens with zero attached hydrogens (tertiary/aromatic N) is 2. The van der Waals surface area contributed by atoms with Gasteiger partial charge in [-0.25, -0.2) is 0 Å². The third-order valence-electron chi connectivity index (χ3n) is 10.8. The maximum absolute atomic E-state index is 12.0. The molecule has 0 amide bonds. The van der Waals surface area contributed by atoms with Crippen LogP contribution in [0.4, 0.5) is 11.4 Å². The van der Waals surface area contributed by atoms with Gasteiger partial charge in [0.25, 0.3) is 10.9 Å². The maximum Gasteiger partial charge on any atom is 0.253 e. The van der Waals surface area contributed by atoms with Crippen LogP contribution < -0.4 is 27.2 Å². The van der Waals surface area contributed by atoms with Gasteiger partial charge in [-0.1, -0.05) is 155 Å². The Kier molecular flexibility index (Phi) is 32.0. The van der Waals surface area contributed by atoms with Crippen LogP contribution >= 0.6 is 0 Å². The lowest BCUT2D eigenvalue weighted by molar-refractivity contribution is -0.384. The summed E-state index contributed by atoms with van der Waals surface area (Å²) in [6.45, 7) is 11.9. The van der Waals surface area contributed by atoms with E-state index < -0.39 is 10.9 Å². The lowest BCUT2D eigenvalue weighted by atomic mass is 10.1. The van der Waals surface area contributed by atoms with E-state index in [2.05, 4.69) is 40.0 Å². The van der Waals surface area contributed by atoms with Gasteiger partial charge in [-0.2, -0.15) is 0 Å². The highest BCUT2D eigenvalue weighted by molar-refractivity contribution is 5.73. The Morgan fingerprint density at radius 2 is 0.843 bits per heavy atom. The molecule has 0 saturated heterocycles. The number of hydrogen-bond acceptors (Lipinski definition) is 7. The lowest BCUT2D eigenvalue weighted by Gasteiger charge is -2.26. The van der Waals surface area contributed by atoms with Crippen LogP contribution in [0, 0.1) is 0 Å². The molecule has 0 bridgehead atoms. The van der Waals surface area contributed by atoms with Crippen LogP contribution in [-0.4, -0.2) is 80.4 Å². The fourth-order valence-corrected chi connectivity index (χ4v) is 7.36. The van der Waals surface area contributed by atoms with Gasteiger partial charge < -0.3 is 31.3 Å². The molecule has 51 heavy (non-hydrogen) atoms. The molecule has 1 rings (SSSR count). The molecule has 0 aliphatic carbocycles. The molecule has 0 saturated carbocycles. The highest BCUT2D eigenvalue weighted by atomic mass is 16.3. The van der Waals surface area contributed by atoms with E-state index >= 15 is 0 Å². The molecule has 0 heterocycles. The molecule has 0 aliphatic rings. The van der Waals surface area contributed by atoms with Gasteiger partial charge in [-0.15, -0.1) is 0 Å². The highest BCUT2D eigenvalue weighted by Gasteiger charge is 2.19. The minimum atomic E-state index is -0.413. The largest absolute Gasteiger partial charge is 0.386 e. The number of unbranched alkanes of at least 4 members (excludes halogenated alkanes) is 23. The molecule has 0 aliphatic heterocycles. The first-order valence-corrected chi connectivity index (χ1v) is 22.1. The first-order chi connectivity index (χ1) is 25.0. The van der Waals surface area contributed by atoms with Crippen molar-refractivity contribution in [1.29, 1.82) is 0 Å². The van der Waals surface area contributed by atoms with Crippen LogP contribution in [-0.2, 0) is 0 Å². The predicted octanol–water partition coefficient (Wildman–Crippen LogP) is 8.52. The average Bonchev–Trinajstić information content (AvgIpc) is 3.14. The van der Waals surface area contributed by atoms with Crippen molar-refractivity contribution >= 4 is 11.4 Å². The van der Waals surface area contributed by atoms with Crippen molar-refractivity contribution in [2.75, 3.05) is 70.0 Å². The molecule has 300 valence electrons. The SMILES string of the molecule is CCCCCCCCCCCCCCN(CCCCN(CCCCCCCCCCCCCC)CC(O)C[NH3+])CCCNc1c(NC)c(=O)c1=O. The van der Waals surface area contributed by atoms with E-state index in [1.54, 1.807) is 7.05 Å². The normalized spacial score (nSPS) is 12.5. The number of rotatable bonds is 40. The van der Waals surface area contributed by atoms with Crippen molar-refractivity contribution < 1.29 is 10.8 Å². The van der Waals surface area contributed by atoms with Crippen molar-refractivity contribution in [3.05, 3.63) is 20.4 Å². The summed E-state index contributed by atoms with van der Waals surface area (Å²) in [6.07, 6.45) is 35.7. The fraction of sp³-hybridized carbons (Fsp3) is 0.907. The summed E-state index contributed by atoms with van der Waals surface area (Å²) in [7, 11) is 1.69. The molecule has 0 fully saturated rings. The van der Waals surface area contributed by atoms with E-state index in [1.165, 1.54) is 154 Å². The van der Waals surface area contributed by atoms with Crippen LogP contribution in [0.2, 0.25) is 0 Å². The van der Waals surface area contributed by atoms with Crippen LogP contribution in [0.15, 0.2) is 9.59 Å². The number of aliphatic hydroxyl groups is 1. The van der Waals surface area contributed by atoms with Crippen LogP contribution in [0.3, 0.4) is 0 Å². The van der Waals surface area contributed by atoms with E-state index in [4.69, 9.17) is 0 Å². The van der Waals surface area contributed by atoms with E-state index in [-0.39, 0.29) is 6.10 Å². The summed E-state index contributed by atoms with van der Waals surface area (Å²) in [5.74, 6) is 0. The zero-order chi connectivity index (χ0) is 37.2. The summed E-state index contributed by atoms with van der Waals surface area (Å²) >= 11 is 0. The molecule has 0 spiro atoms. The summed E-state index contributed by atoms with van der Waals surface area (Å²) in [5, 5.41) is 16.4. The molecular formula is C43H86N5O3+. The van der Waals surface area contributed by atoms with Crippen LogP contribution in [0.25, 0.3) is 0 Å². The van der Waals surface area contributed by atoms with Gasteiger partial charge in [0.1, 0.15) is 24.0 Å². The molecule has 1 unspecified atom stereocenters. The smallest absolute Gasteiger partial charge is 0.253 e. The van der Waals surface area contributed by atoms with Crippen molar-refractivity contribution in [3.8, 4) is 0 Å². The number of quaternary nitrogens is 1. The standard InChI is InChI=1S/C43H85N5O3/c1-4-6-8-10-12-14-16-18-20-22-24-26-32-47(36-30-31-46-41-40(45-3)42(50)43(41)51)33-28-29-35-48(38-39(49)37-44)34-27-25-23-21-19-17-15-13-11-9-7-5-2/h39,45-46,49H,4-38,44H2,1-3H3/p+1. The predicted molar refractivity (Wildman–Crippen MR) is 222 cm³/mol. The molecular weight excluding hydrogens is 635 g/mol. The van der Waals surface area contributed by atoms with Crippen molar-refractivity contribution in [3.63, 3.8) is 0 Å². The Morgan fingerprint density at radius 3 is 1.24 bits per heavy atom. The van der Waals surface area contributed by atoms with Gasteiger partial charge in [0.15, 0.2) is 0 Å². The number of nitrogens with one attached hydrogen (secondary N) is 2. The fourth-order valence-electron chi connectivity index (χ4n) is 7.36.